The lowest BCUT2D eigenvalue weighted by Gasteiger charge is -2.60. The van der Waals surface area contributed by atoms with Crippen LogP contribution in [0.3, 0.4) is 0 Å². The molecule has 6 atom stereocenters. The maximum Gasteiger partial charge on any atom is 0.310 e. The highest BCUT2D eigenvalue weighted by molar-refractivity contribution is 5.82. The number of hydrogen-bond acceptors (Lipinski definition) is 7. The zero-order valence-corrected chi connectivity index (χ0v) is 17.2. The summed E-state index contributed by atoms with van der Waals surface area (Å²) in [4.78, 5) is 15.8. The third kappa shape index (κ3) is 1.73. The molecule has 4 fully saturated rings. The first-order chi connectivity index (χ1) is 14.0. The molecule has 1 aromatic carbocycles. The normalized spacial score (nSPS) is 41.9. The van der Waals surface area contributed by atoms with E-state index in [4.69, 9.17) is 18.9 Å². The Kier molecular flexibility index (Phi) is 3.31. The van der Waals surface area contributed by atoms with Gasteiger partial charge in [-0.05, 0) is 30.9 Å². The van der Waals surface area contributed by atoms with Gasteiger partial charge in [-0.3, -0.25) is 9.69 Å². The minimum atomic E-state index is -0.619. The van der Waals surface area contributed by atoms with Crippen molar-refractivity contribution >= 4 is 11.7 Å². The van der Waals surface area contributed by atoms with Gasteiger partial charge in [0.2, 0.25) is 0 Å². The van der Waals surface area contributed by atoms with Gasteiger partial charge in [-0.2, -0.15) is 0 Å². The zero-order chi connectivity index (χ0) is 20.1. The van der Waals surface area contributed by atoms with Crippen LogP contribution < -0.4 is 14.8 Å². The van der Waals surface area contributed by atoms with Gasteiger partial charge in [0.25, 0.3) is 0 Å². The number of esters is 1. The number of allylic oxidation sites excluding steroid dienone is 1. The molecule has 0 radical (unpaired) electrons. The van der Waals surface area contributed by atoms with Crippen molar-refractivity contribution in [3.05, 3.63) is 29.3 Å². The van der Waals surface area contributed by atoms with Crippen molar-refractivity contribution in [2.24, 2.45) is 11.8 Å². The van der Waals surface area contributed by atoms with Crippen LogP contribution in [0.2, 0.25) is 0 Å². The van der Waals surface area contributed by atoms with Gasteiger partial charge in [0, 0.05) is 24.7 Å². The Morgan fingerprint density at radius 1 is 1.28 bits per heavy atom. The van der Waals surface area contributed by atoms with Crippen molar-refractivity contribution in [2.45, 2.75) is 43.2 Å². The summed E-state index contributed by atoms with van der Waals surface area (Å²) in [6, 6.07) is 4.24. The number of nitrogens with one attached hydrogen (secondary N) is 1. The molecule has 1 aromatic rings. The first-order valence-corrected chi connectivity index (χ1v) is 10.3. The van der Waals surface area contributed by atoms with E-state index in [2.05, 4.69) is 23.2 Å². The highest BCUT2D eigenvalue weighted by atomic mass is 16.6. The number of carbonyl (C=O) groups is 1. The number of anilines is 1. The van der Waals surface area contributed by atoms with Crippen LogP contribution in [-0.4, -0.2) is 56.7 Å². The minimum absolute atomic E-state index is 0.00268. The summed E-state index contributed by atoms with van der Waals surface area (Å²) in [5.41, 5.74) is 2.25. The molecule has 0 amide bonds. The minimum Gasteiger partial charge on any atom is -0.493 e. The van der Waals surface area contributed by atoms with Crippen LogP contribution in [0.15, 0.2) is 23.8 Å². The lowest BCUT2D eigenvalue weighted by Crippen LogP contribution is -2.73. The van der Waals surface area contributed by atoms with Gasteiger partial charge in [0.05, 0.1) is 38.7 Å². The molecule has 4 heterocycles. The molecule has 1 saturated carbocycles. The van der Waals surface area contributed by atoms with Crippen LogP contribution in [-0.2, 0) is 19.7 Å². The van der Waals surface area contributed by atoms with E-state index in [1.807, 2.05) is 12.1 Å². The number of piperidine rings is 2. The maximum atomic E-state index is 13.3. The lowest BCUT2D eigenvalue weighted by molar-refractivity contribution is -0.161. The van der Waals surface area contributed by atoms with Crippen molar-refractivity contribution in [3.63, 3.8) is 0 Å². The van der Waals surface area contributed by atoms with Crippen LogP contribution in [0.25, 0.3) is 0 Å². The number of nitrogens with zero attached hydrogens (tertiary/aromatic N) is 1. The molecule has 5 aliphatic rings. The summed E-state index contributed by atoms with van der Waals surface area (Å²) in [5, 5.41) is 3.72. The Labute approximate surface area is 169 Å². The van der Waals surface area contributed by atoms with E-state index >= 15 is 0 Å². The Morgan fingerprint density at radius 2 is 2.03 bits per heavy atom. The first kappa shape index (κ1) is 17.6. The van der Waals surface area contributed by atoms with E-state index in [-0.39, 0.29) is 30.1 Å². The van der Waals surface area contributed by atoms with Gasteiger partial charge in [0.15, 0.2) is 17.2 Å². The molecule has 1 N–H and O–H groups in total. The van der Waals surface area contributed by atoms with Crippen LogP contribution >= 0.6 is 0 Å². The van der Waals surface area contributed by atoms with Crippen LogP contribution in [0, 0.1) is 11.8 Å². The summed E-state index contributed by atoms with van der Waals surface area (Å²) in [6.07, 6.45) is 3.84. The molecule has 3 saturated heterocycles. The van der Waals surface area contributed by atoms with Crippen molar-refractivity contribution in [1.29, 1.82) is 0 Å². The fourth-order valence-corrected chi connectivity index (χ4v) is 7.12. The molecular weight excluding hydrogens is 372 g/mol. The van der Waals surface area contributed by atoms with E-state index in [1.165, 1.54) is 12.7 Å². The second kappa shape index (κ2) is 5.46. The Bertz CT molecular complexity index is 961. The number of benzene rings is 1. The smallest absolute Gasteiger partial charge is 0.310 e. The number of fused-ring (bicyclic) bond motifs is 4. The second-order valence-electron chi connectivity index (χ2n) is 8.76. The van der Waals surface area contributed by atoms with Gasteiger partial charge in [-0.1, -0.05) is 11.6 Å². The summed E-state index contributed by atoms with van der Waals surface area (Å²) >= 11 is 0. The van der Waals surface area contributed by atoms with E-state index in [9.17, 15) is 4.79 Å². The van der Waals surface area contributed by atoms with Crippen LogP contribution in [0.4, 0.5) is 5.69 Å². The number of hydrogen-bond donors (Lipinski definition) is 1. The Morgan fingerprint density at radius 3 is 2.72 bits per heavy atom. The van der Waals surface area contributed by atoms with Gasteiger partial charge >= 0.3 is 5.97 Å². The number of ether oxygens (including phenoxy) is 4. The summed E-state index contributed by atoms with van der Waals surface area (Å²) in [7, 11) is 4.77. The topological polar surface area (TPSA) is 69.3 Å². The van der Waals surface area contributed by atoms with E-state index < -0.39 is 11.1 Å². The van der Waals surface area contributed by atoms with Gasteiger partial charge in [-0.25, -0.2) is 0 Å². The van der Waals surface area contributed by atoms with E-state index in [0.717, 1.165) is 30.6 Å². The van der Waals surface area contributed by atoms with Gasteiger partial charge in [-0.15, -0.1) is 0 Å². The molecule has 0 aromatic heterocycles. The molecule has 29 heavy (non-hydrogen) atoms. The number of rotatable bonds is 3. The van der Waals surface area contributed by atoms with Crippen molar-refractivity contribution < 1.29 is 23.7 Å². The molecule has 7 nitrogen and oxygen atoms in total. The third-order valence-electron chi connectivity index (χ3n) is 8.12. The molecule has 4 aliphatic heterocycles. The van der Waals surface area contributed by atoms with Gasteiger partial charge in [0.1, 0.15) is 6.23 Å². The molecule has 7 heteroatoms. The summed E-state index contributed by atoms with van der Waals surface area (Å²) in [5.74, 6) is 1.05. The highest BCUT2D eigenvalue weighted by Crippen LogP contribution is 2.72. The molecule has 154 valence electrons. The van der Waals surface area contributed by atoms with Crippen LogP contribution in [0.5, 0.6) is 11.5 Å². The molecule has 1 spiro atoms. The predicted octanol–water partition coefficient (Wildman–Crippen LogP) is 2.26. The molecule has 1 aliphatic carbocycles. The highest BCUT2D eigenvalue weighted by Gasteiger charge is 2.82. The zero-order valence-electron chi connectivity index (χ0n) is 17.2. The average Bonchev–Trinajstić information content (AvgIpc) is 3.33. The average molecular weight is 398 g/mol. The molecule has 4 bridgehead atoms. The SMILES string of the molecule is C/C=C1/CN2[C@H]3C[C@H]1C(C(=O)OC)[C@@]14C[C@H]2O[C@@]31Nc1cc(OC)c(OC)cc14. The quantitative estimate of drug-likeness (QED) is 0.619. The summed E-state index contributed by atoms with van der Waals surface area (Å²) in [6.45, 7) is 2.92. The fourth-order valence-electron chi connectivity index (χ4n) is 7.12. The molecule has 1 unspecified atom stereocenters. The first-order valence-electron chi connectivity index (χ1n) is 10.3. The fraction of sp³-hybridized carbons (Fsp3) is 0.591. The molecular formula is C22H26N2O5. The van der Waals surface area contributed by atoms with Gasteiger partial charge < -0.3 is 24.3 Å². The van der Waals surface area contributed by atoms with Crippen molar-refractivity contribution in [3.8, 4) is 11.5 Å². The maximum absolute atomic E-state index is 13.3. The standard InChI is InChI=1S/C22H26N2O5/c1-5-11-10-24-17-6-12(11)19(20(25)28-4)21-9-18(24)29-22(17,21)23-14-8-16(27-3)15(26-2)7-13(14)21/h5,7-8,12,17-19,23H,6,9-10H2,1-4H3/b11-5-/t12-,17+,18-,19?,21+,22+/m1/s1. The van der Waals surface area contributed by atoms with Crippen molar-refractivity contribution in [2.75, 3.05) is 33.2 Å². The van der Waals surface area contributed by atoms with Crippen LogP contribution in [0.1, 0.15) is 25.3 Å². The predicted molar refractivity (Wildman–Crippen MR) is 105 cm³/mol. The summed E-state index contributed by atoms with van der Waals surface area (Å²) < 4.78 is 23.3. The van der Waals surface area contributed by atoms with E-state index in [0.29, 0.717) is 11.5 Å². The number of carbonyl (C=O) groups excluding carboxylic acids is 1. The lowest BCUT2D eigenvalue weighted by atomic mass is 9.49. The third-order valence-corrected chi connectivity index (χ3v) is 8.12. The molecule has 6 rings (SSSR count). The Balaban J connectivity index is 1.64. The number of methoxy groups -OCH3 is 3. The van der Waals surface area contributed by atoms with E-state index in [1.54, 1.807) is 14.2 Å². The van der Waals surface area contributed by atoms with Crippen molar-refractivity contribution in [1.82, 2.24) is 4.90 Å². The monoisotopic (exact) mass is 398 g/mol. The largest absolute Gasteiger partial charge is 0.493 e. The Hall–Kier alpha value is -2.25. The second-order valence-corrected chi connectivity index (χ2v) is 8.76.